The van der Waals surface area contributed by atoms with E-state index >= 15 is 0 Å². The van der Waals surface area contributed by atoms with Crippen LogP contribution in [0.4, 0.5) is 0 Å². The minimum Gasteiger partial charge on any atom is -0.382 e. The first-order valence-corrected chi connectivity index (χ1v) is 5.35. The maximum absolute atomic E-state index is 5.27. The number of hydrogen-bond acceptors (Lipinski definition) is 2. The lowest BCUT2D eigenvalue weighted by atomic mass is 9.93. The molecule has 0 aromatic heterocycles. The molecule has 0 bridgehead atoms. The smallest absolute Gasteiger partial charge is 0.0558 e. The molecule has 0 aliphatic rings. The average molecular weight is 187 g/mol. The predicted molar refractivity (Wildman–Crippen MR) is 58.0 cm³/mol. The maximum Gasteiger partial charge on any atom is 0.0558 e. The lowest BCUT2D eigenvalue weighted by molar-refractivity contribution is 0.0935. The van der Waals surface area contributed by atoms with Gasteiger partial charge in [-0.25, -0.2) is 0 Å². The summed E-state index contributed by atoms with van der Waals surface area (Å²) in [6, 6.07) is 0.592. The highest BCUT2D eigenvalue weighted by atomic mass is 16.5. The monoisotopic (exact) mass is 187 g/mol. The molecule has 0 aromatic carbocycles. The van der Waals surface area contributed by atoms with E-state index in [2.05, 4.69) is 26.1 Å². The fourth-order valence-corrected chi connectivity index (χ4v) is 1.75. The van der Waals surface area contributed by atoms with Crippen molar-refractivity contribution in [1.29, 1.82) is 0 Å². The number of hydrogen-bond donors (Lipinski definition) is 1. The largest absolute Gasteiger partial charge is 0.382 e. The normalized spacial score (nSPS) is 18.2. The van der Waals surface area contributed by atoms with Gasteiger partial charge in [-0.15, -0.1) is 0 Å². The first-order valence-electron chi connectivity index (χ1n) is 5.35. The first-order chi connectivity index (χ1) is 6.15. The molecule has 0 saturated carbocycles. The van der Waals surface area contributed by atoms with Crippen LogP contribution in [-0.4, -0.2) is 26.3 Å². The van der Waals surface area contributed by atoms with Gasteiger partial charge in [0.15, 0.2) is 0 Å². The van der Waals surface area contributed by atoms with E-state index < -0.39 is 0 Å². The van der Waals surface area contributed by atoms with Crippen LogP contribution in [0.2, 0.25) is 0 Å². The van der Waals surface area contributed by atoms with Gasteiger partial charge in [0.25, 0.3) is 0 Å². The van der Waals surface area contributed by atoms with Gasteiger partial charge in [0, 0.05) is 13.2 Å². The van der Waals surface area contributed by atoms with Gasteiger partial charge in [-0.3, -0.25) is 0 Å². The molecule has 80 valence electrons. The molecule has 0 aliphatic heterocycles. The van der Waals surface area contributed by atoms with Crippen molar-refractivity contribution >= 4 is 0 Å². The number of ether oxygens (including phenoxy) is 1. The van der Waals surface area contributed by atoms with Crippen LogP contribution in [0, 0.1) is 5.92 Å². The fraction of sp³-hybridized carbons (Fsp3) is 1.00. The molecule has 0 spiro atoms. The SMILES string of the molecule is CCCC(C)C(CC(C)OC)NC. The Bertz CT molecular complexity index is 117. The van der Waals surface area contributed by atoms with Gasteiger partial charge in [-0.2, -0.15) is 0 Å². The highest BCUT2D eigenvalue weighted by molar-refractivity contribution is 4.74. The fourth-order valence-electron chi connectivity index (χ4n) is 1.75. The van der Waals surface area contributed by atoms with Crippen molar-refractivity contribution in [2.75, 3.05) is 14.2 Å². The van der Waals surface area contributed by atoms with Gasteiger partial charge in [0.2, 0.25) is 0 Å². The van der Waals surface area contributed by atoms with E-state index in [1.807, 2.05) is 7.05 Å². The van der Waals surface area contributed by atoms with Crippen molar-refractivity contribution in [2.45, 2.75) is 52.2 Å². The molecular formula is C11H25NO. The van der Waals surface area contributed by atoms with Gasteiger partial charge in [-0.1, -0.05) is 20.3 Å². The molecule has 0 rings (SSSR count). The number of nitrogens with one attached hydrogen (secondary N) is 1. The first kappa shape index (κ1) is 12.9. The molecule has 2 nitrogen and oxygen atoms in total. The molecular weight excluding hydrogens is 162 g/mol. The summed E-state index contributed by atoms with van der Waals surface area (Å²) < 4.78 is 5.27. The van der Waals surface area contributed by atoms with Crippen LogP contribution in [0.1, 0.15) is 40.0 Å². The molecule has 0 saturated heterocycles. The van der Waals surface area contributed by atoms with Crippen molar-refractivity contribution in [3.63, 3.8) is 0 Å². The second kappa shape index (κ2) is 7.34. The van der Waals surface area contributed by atoms with Crippen LogP contribution in [0.25, 0.3) is 0 Å². The zero-order valence-electron chi connectivity index (χ0n) is 9.76. The highest BCUT2D eigenvalue weighted by Gasteiger charge is 2.16. The molecule has 1 N–H and O–H groups in total. The summed E-state index contributed by atoms with van der Waals surface area (Å²) in [6.07, 6.45) is 4.02. The topological polar surface area (TPSA) is 21.3 Å². The second-order valence-electron chi connectivity index (χ2n) is 3.94. The zero-order valence-corrected chi connectivity index (χ0v) is 9.76. The van der Waals surface area contributed by atoms with Gasteiger partial charge in [0.1, 0.15) is 0 Å². The third-order valence-corrected chi connectivity index (χ3v) is 2.79. The van der Waals surface area contributed by atoms with Crippen molar-refractivity contribution in [3.8, 4) is 0 Å². The van der Waals surface area contributed by atoms with E-state index in [4.69, 9.17) is 4.74 Å². The molecule has 3 atom stereocenters. The standard InChI is InChI=1S/C11H25NO/c1-6-7-9(2)11(12-4)8-10(3)13-5/h9-12H,6-8H2,1-5H3. The van der Waals surface area contributed by atoms with Gasteiger partial charge >= 0.3 is 0 Å². The second-order valence-corrected chi connectivity index (χ2v) is 3.94. The Morgan fingerprint density at radius 3 is 2.31 bits per heavy atom. The van der Waals surface area contributed by atoms with Crippen LogP contribution in [0.5, 0.6) is 0 Å². The summed E-state index contributed by atoms with van der Waals surface area (Å²) in [6.45, 7) is 6.68. The Morgan fingerprint density at radius 2 is 1.92 bits per heavy atom. The molecule has 13 heavy (non-hydrogen) atoms. The predicted octanol–water partition coefficient (Wildman–Crippen LogP) is 2.44. The van der Waals surface area contributed by atoms with E-state index in [9.17, 15) is 0 Å². The Hall–Kier alpha value is -0.0800. The number of methoxy groups -OCH3 is 1. The quantitative estimate of drug-likeness (QED) is 0.661. The van der Waals surface area contributed by atoms with Crippen LogP contribution >= 0.6 is 0 Å². The van der Waals surface area contributed by atoms with Crippen molar-refractivity contribution in [3.05, 3.63) is 0 Å². The third kappa shape index (κ3) is 5.27. The molecule has 0 aromatic rings. The summed E-state index contributed by atoms with van der Waals surface area (Å²) in [7, 11) is 3.82. The van der Waals surface area contributed by atoms with E-state index in [0.717, 1.165) is 12.3 Å². The molecule has 0 radical (unpaired) electrons. The van der Waals surface area contributed by atoms with Crippen molar-refractivity contribution in [1.82, 2.24) is 5.32 Å². The van der Waals surface area contributed by atoms with Crippen LogP contribution < -0.4 is 5.32 Å². The van der Waals surface area contributed by atoms with E-state index in [1.165, 1.54) is 12.8 Å². The summed E-state index contributed by atoms with van der Waals surface area (Å²) in [5.74, 6) is 0.743. The van der Waals surface area contributed by atoms with Gasteiger partial charge in [-0.05, 0) is 32.7 Å². The van der Waals surface area contributed by atoms with Crippen LogP contribution in [-0.2, 0) is 4.74 Å². The summed E-state index contributed by atoms with van der Waals surface area (Å²) in [5.41, 5.74) is 0. The zero-order chi connectivity index (χ0) is 10.3. The summed E-state index contributed by atoms with van der Waals surface area (Å²) in [4.78, 5) is 0. The van der Waals surface area contributed by atoms with E-state index in [1.54, 1.807) is 7.11 Å². The Balaban J connectivity index is 3.86. The van der Waals surface area contributed by atoms with E-state index in [0.29, 0.717) is 12.1 Å². The van der Waals surface area contributed by atoms with Crippen LogP contribution in [0.15, 0.2) is 0 Å². The maximum atomic E-state index is 5.27. The Kier molecular flexibility index (Phi) is 7.29. The molecule has 0 amide bonds. The van der Waals surface area contributed by atoms with Crippen molar-refractivity contribution in [2.24, 2.45) is 5.92 Å². The Morgan fingerprint density at radius 1 is 1.31 bits per heavy atom. The highest BCUT2D eigenvalue weighted by Crippen LogP contribution is 2.15. The molecule has 0 heterocycles. The summed E-state index contributed by atoms with van der Waals surface area (Å²) >= 11 is 0. The van der Waals surface area contributed by atoms with E-state index in [-0.39, 0.29) is 0 Å². The average Bonchev–Trinajstić information content (AvgIpc) is 2.14. The minimum absolute atomic E-state index is 0.358. The van der Waals surface area contributed by atoms with Gasteiger partial charge in [0.05, 0.1) is 6.10 Å². The van der Waals surface area contributed by atoms with Crippen LogP contribution in [0.3, 0.4) is 0 Å². The molecule has 0 aliphatic carbocycles. The minimum atomic E-state index is 0.358. The summed E-state index contributed by atoms with van der Waals surface area (Å²) in [5, 5.41) is 3.37. The van der Waals surface area contributed by atoms with Crippen molar-refractivity contribution < 1.29 is 4.74 Å². The Labute approximate surface area is 83.1 Å². The molecule has 2 heteroatoms. The lowest BCUT2D eigenvalue weighted by Crippen LogP contribution is -2.35. The van der Waals surface area contributed by atoms with Gasteiger partial charge < -0.3 is 10.1 Å². The lowest BCUT2D eigenvalue weighted by Gasteiger charge is -2.25. The third-order valence-electron chi connectivity index (χ3n) is 2.79. The number of rotatable bonds is 7. The molecule has 3 unspecified atom stereocenters. The molecule has 0 fully saturated rings.